The van der Waals surface area contributed by atoms with Crippen molar-refractivity contribution in [2.45, 2.75) is 44.9 Å². The number of aryl methyl sites for hydroxylation is 1. The lowest BCUT2D eigenvalue weighted by Gasteiger charge is -2.35. The molecule has 1 aromatic rings. The van der Waals surface area contributed by atoms with Crippen molar-refractivity contribution in [3.63, 3.8) is 0 Å². The Morgan fingerprint density at radius 3 is 2.72 bits per heavy atom. The number of nitrogens with zero attached hydrogens (tertiary/aromatic N) is 3. The molecule has 0 radical (unpaired) electrons. The lowest BCUT2D eigenvalue weighted by atomic mass is 9.99. The zero-order valence-corrected chi connectivity index (χ0v) is 19.7. The molecule has 5 nitrogen and oxygen atoms in total. The number of rotatable bonds is 7. The lowest BCUT2D eigenvalue weighted by molar-refractivity contribution is 0.0793. The zero-order chi connectivity index (χ0) is 17.4. The second kappa shape index (κ2) is 11.6. The topological polar surface area (TPSA) is 49.8 Å². The first-order chi connectivity index (χ1) is 11.6. The van der Waals surface area contributed by atoms with Gasteiger partial charge in [0.1, 0.15) is 0 Å². The van der Waals surface area contributed by atoms with Gasteiger partial charge in [-0.15, -0.1) is 35.3 Å². The molecule has 1 N–H and O–H groups in total. The van der Waals surface area contributed by atoms with E-state index >= 15 is 0 Å². The first-order valence-corrected chi connectivity index (χ1v) is 10.6. The maximum atomic E-state index is 5.56. The molecule has 144 valence electrons. The number of aliphatic imine (C=N–C) groups is 1. The minimum absolute atomic E-state index is 0. The molecule has 1 aliphatic rings. The van der Waals surface area contributed by atoms with Crippen LogP contribution in [0.25, 0.3) is 0 Å². The molecular formula is C17H31IN4OS2. The van der Waals surface area contributed by atoms with E-state index in [4.69, 9.17) is 9.73 Å². The van der Waals surface area contributed by atoms with E-state index in [-0.39, 0.29) is 28.7 Å². The van der Waals surface area contributed by atoms with Gasteiger partial charge in [-0.05, 0) is 32.4 Å². The Balaban J connectivity index is 0.00000312. The normalized spacial score (nSPS) is 17.0. The van der Waals surface area contributed by atoms with Crippen LogP contribution in [0.4, 0.5) is 0 Å². The molecule has 0 saturated carbocycles. The van der Waals surface area contributed by atoms with Gasteiger partial charge in [-0.2, -0.15) is 11.8 Å². The molecule has 1 saturated heterocycles. The van der Waals surface area contributed by atoms with Gasteiger partial charge in [0.25, 0.3) is 0 Å². The summed E-state index contributed by atoms with van der Waals surface area (Å²) < 4.78 is 5.79. The van der Waals surface area contributed by atoms with Gasteiger partial charge >= 0.3 is 0 Å². The third-order valence-electron chi connectivity index (χ3n) is 4.13. The third-order valence-corrected chi connectivity index (χ3v) is 6.39. The van der Waals surface area contributed by atoms with Crippen LogP contribution in [0.1, 0.15) is 37.4 Å². The van der Waals surface area contributed by atoms with Crippen LogP contribution in [0.2, 0.25) is 0 Å². The summed E-state index contributed by atoms with van der Waals surface area (Å²) >= 11 is 3.73. The summed E-state index contributed by atoms with van der Waals surface area (Å²) in [5, 5.41) is 6.66. The monoisotopic (exact) mass is 498 g/mol. The van der Waals surface area contributed by atoms with Gasteiger partial charge < -0.3 is 15.0 Å². The molecule has 0 aromatic carbocycles. The smallest absolute Gasteiger partial charge is 0.194 e. The Hall–Kier alpha value is -0.0600. The van der Waals surface area contributed by atoms with Crippen molar-refractivity contribution in [1.29, 1.82) is 0 Å². The van der Waals surface area contributed by atoms with E-state index in [1.54, 1.807) is 11.3 Å². The third kappa shape index (κ3) is 7.22. The van der Waals surface area contributed by atoms with Gasteiger partial charge in [-0.3, -0.25) is 4.99 Å². The number of thioether (sulfide) groups is 1. The van der Waals surface area contributed by atoms with Crippen molar-refractivity contribution < 1.29 is 4.74 Å². The summed E-state index contributed by atoms with van der Waals surface area (Å²) in [6, 6.07) is 0. The van der Waals surface area contributed by atoms with Crippen molar-refractivity contribution in [3.8, 4) is 0 Å². The van der Waals surface area contributed by atoms with E-state index in [1.807, 2.05) is 18.7 Å². The molecule has 0 spiro atoms. The van der Waals surface area contributed by atoms with Gasteiger partial charge in [-0.1, -0.05) is 6.92 Å². The minimum atomic E-state index is 0. The fourth-order valence-corrected chi connectivity index (χ4v) is 4.71. The number of aromatic nitrogens is 1. The number of hydrogen-bond donors (Lipinski definition) is 1. The van der Waals surface area contributed by atoms with Gasteiger partial charge in [0.15, 0.2) is 5.96 Å². The highest BCUT2D eigenvalue weighted by atomic mass is 127. The molecule has 2 rings (SSSR count). The van der Waals surface area contributed by atoms with Crippen LogP contribution >= 0.6 is 47.1 Å². The van der Waals surface area contributed by atoms with Crippen LogP contribution in [0.3, 0.4) is 0 Å². The molecule has 0 unspecified atom stereocenters. The first-order valence-electron chi connectivity index (χ1n) is 8.70. The Morgan fingerprint density at radius 2 is 2.16 bits per heavy atom. The maximum Gasteiger partial charge on any atom is 0.194 e. The summed E-state index contributed by atoms with van der Waals surface area (Å²) in [6.07, 6.45) is 2.17. The molecule has 1 aromatic heterocycles. The lowest BCUT2D eigenvalue weighted by Crippen LogP contribution is -2.41. The summed E-state index contributed by atoms with van der Waals surface area (Å²) in [5.74, 6) is 2.09. The van der Waals surface area contributed by atoms with E-state index in [0.717, 1.165) is 68.1 Å². The van der Waals surface area contributed by atoms with Crippen molar-refractivity contribution >= 4 is 53.0 Å². The van der Waals surface area contributed by atoms with Crippen LogP contribution in [-0.4, -0.2) is 59.7 Å². The highest BCUT2D eigenvalue weighted by molar-refractivity contribution is 14.0. The Kier molecular flexibility index (Phi) is 10.7. The Labute approximate surface area is 177 Å². The zero-order valence-electron chi connectivity index (χ0n) is 15.7. The fraction of sp³-hybridized carbons (Fsp3) is 0.765. The molecule has 0 bridgehead atoms. The van der Waals surface area contributed by atoms with Crippen molar-refractivity contribution in [2.75, 3.05) is 39.1 Å². The van der Waals surface area contributed by atoms with E-state index in [1.165, 1.54) is 0 Å². The highest BCUT2D eigenvalue weighted by Gasteiger charge is 2.32. The summed E-state index contributed by atoms with van der Waals surface area (Å²) in [7, 11) is 2.08. The van der Waals surface area contributed by atoms with E-state index in [9.17, 15) is 0 Å². The quantitative estimate of drug-likeness (QED) is 0.353. The maximum absolute atomic E-state index is 5.56. The predicted octanol–water partition coefficient (Wildman–Crippen LogP) is 3.77. The Morgan fingerprint density at radius 1 is 1.44 bits per heavy atom. The van der Waals surface area contributed by atoms with Crippen LogP contribution in [0.15, 0.2) is 10.4 Å². The van der Waals surface area contributed by atoms with E-state index < -0.39 is 0 Å². The molecule has 1 aliphatic heterocycles. The van der Waals surface area contributed by atoms with E-state index in [2.05, 4.69) is 41.5 Å². The highest BCUT2D eigenvalue weighted by Crippen LogP contribution is 2.35. The molecule has 0 aliphatic carbocycles. The molecule has 0 atom stereocenters. The predicted molar refractivity (Wildman–Crippen MR) is 121 cm³/mol. The number of ether oxygens (including phenoxy) is 1. The average Bonchev–Trinajstić information content (AvgIpc) is 2.97. The SMILES string of the molecule is CCNC(=NCC1(SCC)CCOCC1)N(C)Cc1csc(C)n1.I. The van der Waals surface area contributed by atoms with E-state index in [0.29, 0.717) is 0 Å². The molecular weight excluding hydrogens is 467 g/mol. The molecule has 1 fully saturated rings. The number of nitrogens with one attached hydrogen (secondary N) is 1. The average molecular weight is 498 g/mol. The molecule has 2 heterocycles. The second-order valence-electron chi connectivity index (χ2n) is 6.11. The fourth-order valence-electron chi connectivity index (χ4n) is 2.89. The van der Waals surface area contributed by atoms with Gasteiger partial charge in [0, 0.05) is 36.9 Å². The number of hydrogen-bond acceptors (Lipinski definition) is 5. The van der Waals surface area contributed by atoms with Gasteiger partial charge in [0.2, 0.25) is 0 Å². The van der Waals surface area contributed by atoms with Crippen molar-refractivity contribution in [3.05, 3.63) is 16.1 Å². The molecule has 8 heteroatoms. The second-order valence-corrected chi connectivity index (χ2v) is 8.91. The van der Waals surface area contributed by atoms with Crippen LogP contribution < -0.4 is 5.32 Å². The minimum Gasteiger partial charge on any atom is -0.381 e. The number of halogens is 1. The standard InChI is InChI=1S/C17H30N4OS2.HI/c1-5-18-16(21(4)11-15-12-23-14(3)20-15)19-13-17(24-6-2)7-9-22-10-8-17;/h12H,5-11,13H2,1-4H3,(H,18,19);1H. The summed E-state index contributed by atoms with van der Waals surface area (Å²) in [5.41, 5.74) is 1.11. The van der Waals surface area contributed by atoms with Gasteiger partial charge in [-0.25, -0.2) is 4.98 Å². The van der Waals surface area contributed by atoms with Crippen molar-refractivity contribution in [2.24, 2.45) is 4.99 Å². The number of guanidine groups is 1. The summed E-state index contributed by atoms with van der Waals surface area (Å²) in [6.45, 7) is 10.6. The Bertz CT molecular complexity index is 527. The summed E-state index contributed by atoms with van der Waals surface area (Å²) in [4.78, 5) is 11.7. The van der Waals surface area contributed by atoms with Crippen molar-refractivity contribution in [1.82, 2.24) is 15.2 Å². The van der Waals surface area contributed by atoms with Crippen LogP contribution in [0.5, 0.6) is 0 Å². The van der Waals surface area contributed by atoms with Crippen LogP contribution in [0, 0.1) is 6.92 Å². The van der Waals surface area contributed by atoms with Crippen LogP contribution in [-0.2, 0) is 11.3 Å². The van der Waals surface area contributed by atoms with Gasteiger partial charge in [0.05, 0.1) is 23.8 Å². The number of thiazole rings is 1. The largest absolute Gasteiger partial charge is 0.381 e. The molecule has 25 heavy (non-hydrogen) atoms. The first kappa shape index (κ1) is 23.0. The molecule has 0 amide bonds.